The molecule has 2 atom stereocenters. The van der Waals surface area contributed by atoms with Crippen molar-refractivity contribution in [2.45, 2.75) is 32.1 Å². The van der Waals surface area contributed by atoms with Gasteiger partial charge in [0.25, 0.3) is 0 Å². The first-order valence-electron chi connectivity index (χ1n) is 6.81. The molecular formula is C15H19NO2. The molecule has 3 heteroatoms. The number of carbonyl (C=O) groups excluding carboxylic acids is 1. The molecule has 1 saturated carbocycles. The van der Waals surface area contributed by atoms with Crippen LogP contribution < -0.4 is 10.1 Å². The molecule has 0 spiro atoms. The number of benzene rings is 1. The van der Waals surface area contributed by atoms with Crippen molar-refractivity contribution in [3.05, 3.63) is 29.3 Å². The van der Waals surface area contributed by atoms with Crippen molar-refractivity contribution in [1.82, 2.24) is 5.32 Å². The molecule has 3 nitrogen and oxygen atoms in total. The fraction of sp³-hybridized carbons (Fsp3) is 0.533. The Morgan fingerprint density at radius 3 is 3.22 bits per heavy atom. The van der Waals surface area contributed by atoms with Gasteiger partial charge in [0.05, 0.1) is 6.61 Å². The Labute approximate surface area is 108 Å². The summed E-state index contributed by atoms with van der Waals surface area (Å²) in [6.07, 6.45) is 2.81. The van der Waals surface area contributed by atoms with Crippen LogP contribution in [0, 0.1) is 5.92 Å². The molecule has 2 aliphatic rings. The third-order valence-corrected chi connectivity index (χ3v) is 3.98. The molecule has 0 bridgehead atoms. The Morgan fingerprint density at radius 1 is 1.50 bits per heavy atom. The number of hydrogen-bond acceptors (Lipinski definition) is 2. The minimum Gasteiger partial charge on any atom is -0.493 e. The van der Waals surface area contributed by atoms with Crippen LogP contribution in [0.25, 0.3) is 0 Å². The molecule has 1 fully saturated rings. The van der Waals surface area contributed by atoms with Gasteiger partial charge < -0.3 is 10.1 Å². The molecule has 1 aromatic rings. The minimum atomic E-state index is 0.155. The number of fused-ring (bicyclic) bond motifs is 1. The summed E-state index contributed by atoms with van der Waals surface area (Å²) in [4.78, 5) is 11.2. The Balaban J connectivity index is 1.64. The van der Waals surface area contributed by atoms with Gasteiger partial charge in [-0.3, -0.25) is 4.79 Å². The van der Waals surface area contributed by atoms with Gasteiger partial charge in [0, 0.05) is 24.9 Å². The van der Waals surface area contributed by atoms with Crippen LogP contribution in [0.3, 0.4) is 0 Å². The van der Waals surface area contributed by atoms with Crippen molar-refractivity contribution < 1.29 is 9.53 Å². The van der Waals surface area contributed by atoms with Crippen LogP contribution in [-0.2, 0) is 11.2 Å². The summed E-state index contributed by atoms with van der Waals surface area (Å²) in [7, 11) is 0. The molecular weight excluding hydrogens is 226 g/mol. The van der Waals surface area contributed by atoms with Crippen LogP contribution >= 0.6 is 0 Å². The third kappa shape index (κ3) is 2.09. The van der Waals surface area contributed by atoms with Crippen molar-refractivity contribution in [2.75, 3.05) is 13.2 Å². The molecule has 0 radical (unpaired) electrons. The van der Waals surface area contributed by atoms with Gasteiger partial charge in [-0.25, -0.2) is 0 Å². The minimum absolute atomic E-state index is 0.155. The van der Waals surface area contributed by atoms with E-state index in [4.69, 9.17) is 4.74 Å². The molecule has 0 aromatic heterocycles. The van der Waals surface area contributed by atoms with Gasteiger partial charge in [0.1, 0.15) is 5.75 Å². The normalized spacial score (nSPS) is 24.3. The second kappa shape index (κ2) is 4.63. The highest BCUT2D eigenvalue weighted by Gasteiger charge is 2.40. The lowest BCUT2D eigenvalue weighted by Crippen LogP contribution is -2.24. The molecule has 0 saturated heterocycles. The van der Waals surface area contributed by atoms with Crippen LogP contribution in [0.15, 0.2) is 18.2 Å². The van der Waals surface area contributed by atoms with Gasteiger partial charge in [-0.15, -0.1) is 0 Å². The zero-order chi connectivity index (χ0) is 12.5. The van der Waals surface area contributed by atoms with E-state index in [-0.39, 0.29) is 5.91 Å². The summed E-state index contributed by atoms with van der Waals surface area (Å²) in [5.41, 5.74) is 2.84. The highest BCUT2D eigenvalue weighted by molar-refractivity contribution is 5.75. The number of amides is 1. The Hall–Kier alpha value is -1.51. The largest absolute Gasteiger partial charge is 0.493 e. The lowest BCUT2D eigenvalue weighted by Gasteiger charge is -2.07. The Morgan fingerprint density at radius 2 is 2.39 bits per heavy atom. The topological polar surface area (TPSA) is 38.3 Å². The Kier molecular flexibility index (Phi) is 2.98. The average molecular weight is 245 g/mol. The van der Waals surface area contributed by atoms with E-state index in [0.717, 1.165) is 25.3 Å². The van der Waals surface area contributed by atoms with Gasteiger partial charge in [0.2, 0.25) is 5.91 Å². The molecule has 3 rings (SSSR count). The van der Waals surface area contributed by atoms with Crippen molar-refractivity contribution in [3.8, 4) is 5.75 Å². The fourth-order valence-corrected chi connectivity index (χ4v) is 2.82. The highest BCUT2D eigenvalue weighted by atomic mass is 16.5. The van der Waals surface area contributed by atoms with E-state index in [9.17, 15) is 4.79 Å². The second-order valence-electron chi connectivity index (χ2n) is 5.18. The van der Waals surface area contributed by atoms with E-state index in [2.05, 4.69) is 23.5 Å². The van der Waals surface area contributed by atoms with E-state index in [1.54, 1.807) is 0 Å². The highest BCUT2D eigenvalue weighted by Crippen LogP contribution is 2.50. The number of rotatable bonds is 4. The average Bonchev–Trinajstić information content (AvgIpc) is 3.00. The van der Waals surface area contributed by atoms with Gasteiger partial charge in [-0.1, -0.05) is 19.1 Å². The maximum absolute atomic E-state index is 11.2. The van der Waals surface area contributed by atoms with Crippen molar-refractivity contribution >= 4 is 5.91 Å². The monoisotopic (exact) mass is 245 g/mol. The van der Waals surface area contributed by atoms with Crippen molar-refractivity contribution in [2.24, 2.45) is 5.92 Å². The summed E-state index contributed by atoms with van der Waals surface area (Å²) >= 11 is 0. The molecule has 1 unspecified atom stereocenters. The summed E-state index contributed by atoms with van der Waals surface area (Å²) in [5.74, 6) is 2.46. The van der Waals surface area contributed by atoms with Crippen molar-refractivity contribution in [1.29, 1.82) is 0 Å². The fourth-order valence-electron chi connectivity index (χ4n) is 2.82. The smallest absolute Gasteiger partial charge is 0.219 e. The van der Waals surface area contributed by atoms with Gasteiger partial charge in [-0.05, 0) is 29.9 Å². The lowest BCUT2D eigenvalue weighted by atomic mass is 10.00. The quantitative estimate of drug-likeness (QED) is 0.883. The molecule has 1 N–H and O–H groups in total. The van der Waals surface area contributed by atoms with Crippen LogP contribution in [0.4, 0.5) is 0 Å². The predicted molar refractivity (Wildman–Crippen MR) is 69.8 cm³/mol. The third-order valence-electron chi connectivity index (χ3n) is 3.98. The second-order valence-corrected chi connectivity index (χ2v) is 5.18. The first kappa shape index (κ1) is 11.6. The van der Waals surface area contributed by atoms with E-state index in [1.165, 1.54) is 17.5 Å². The number of carbonyl (C=O) groups is 1. The molecule has 1 amide bonds. The van der Waals surface area contributed by atoms with Crippen LogP contribution in [0.2, 0.25) is 0 Å². The number of ether oxygens (including phenoxy) is 1. The van der Waals surface area contributed by atoms with E-state index < -0.39 is 0 Å². The first-order chi connectivity index (χ1) is 8.79. The SMILES string of the molecule is CCC(=O)NC[C@@H]1CC1c1cccc2c1CCO2. The van der Waals surface area contributed by atoms with Crippen molar-refractivity contribution in [3.63, 3.8) is 0 Å². The van der Waals surface area contributed by atoms with E-state index >= 15 is 0 Å². The summed E-state index contributed by atoms with van der Waals surface area (Å²) < 4.78 is 5.60. The first-order valence-corrected chi connectivity index (χ1v) is 6.81. The molecule has 1 aliphatic heterocycles. The number of nitrogens with one attached hydrogen (secondary N) is 1. The van der Waals surface area contributed by atoms with Gasteiger partial charge in [0.15, 0.2) is 0 Å². The molecule has 18 heavy (non-hydrogen) atoms. The van der Waals surface area contributed by atoms with Gasteiger partial charge in [-0.2, -0.15) is 0 Å². The zero-order valence-electron chi connectivity index (χ0n) is 10.7. The van der Waals surface area contributed by atoms with Crippen LogP contribution in [0.5, 0.6) is 5.75 Å². The molecule has 96 valence electrons. The summed E-state index contributed by atoms with van der Waals surface area (Å²) in [5, 5.41) is 2.99. The number of hydrogen-bond donors (Lipinski definition) is 1. The molecule has 1 heterocycles. The molecule has 1 aromatic carbocycles. The summed E-state index contributed by atoms with van der Waals surface area (Å²) in [6, 6.07) is 6.36. The van der Waals surface area contributed by atoms with E-state index in [0.29, 0.717) is 18.3 Å². The predicted octanol–water partition coefficient (Wildman–Crippen LogP) is 2.25. The zero-order valence-corrected chi connectivity index (χ0v) is 10.7. The maximum atomic E-state index is 11.2. The van der Waals surface area contributed by atoms with E-state index in [1.807, 2.05) is 6.92 Å². The van der Waals surface area contributed by atoms with Gasteiger partial charge >= 0.3 is 0 Å². The van der Waals surface area contributed by atoms with Crippen LogP contribution in [0.1, 0.15) is 36.8 Å². The summed E-state index contributed by atoms with van der Waals surface area (Å²) in [6.45, 7) is 3.53. The van der Waals surface area contributed by atoms with Crippen LogP contribution in [-0.4, -0.2) is 19.1 Å². The lowest BCUT2D eigenvalue weighted by molar-refractivity contribution is -0.120. The standard InChI is InChI=1S/C15H19NO2/c1-2-15(17)16-9-10-8-13(10)11-4-3-5-14-12(11)6-7-18-14/h3-5,10,13H,2,6-9H2,1H3,(H,16,17)/t10-,13?/m0/s1. The maximum Gasteiger partial charge on any atom is 0.219 e. The molecule has 1 aliphatic carbocycles. The Bertz CT molecular complexity index is 470.